The Hall–Kier alpha value is -1.36. The number of rotatable bonds is 4. The molecule has 2 rings (SSSR count). The average molecular weight is 395 g/mol. The Morgan fingerprint density at radius 3 is 2.67 bits per heavy atom. The number of nitrogens with one attached hydrogen (secondary N) is 1. The van der Waals surface area contributed by atoms with E-state index in [0.29, 0.717) is 5.69 Å². The summed E-state index contributed by atoms with van der Waals surface area (Å²) in [6, 6.07) is 5.91. The van der Waals surface area contributed by atoms with Crippen LogP contribution in [0.4, 0.5) is 5.69 Å². The summed E-state index contributed by atoms with van der Waals surface area (Å²) in [7, 11) is 0. The van der Waals surface area contributed by atoms with Crippen molar-refractivity contribution in [2.75, 3.05) is 11.9 Å². The molecule has 2 amide bonds. The van der Waals surface area contributed by atoms with E-state index in [4.69, 9.17) is 0 Å². The first-order valence-corrected chi connectivity index (χ1v) is 9.45. The van der Waals surface area contributed by atoms with Crippen LogP contribution in [0.2, 0.25) is 0 Å². The third kappa shape index (κ3) is 4.00. The molecule has 0 aromatic heterocycles. The zero-order valence-corrected chi connectivity index (χ0v) is 16.6. The van der Waals surface area contributed by atoms with E-state index in [1.165, 1.54) is 0 Å². The van der Waals surface area contributed by atoms with E-state index in [-0.39, 0.29) is 17.9 Å². The lowest BCUT2D eigenvalue weighted by atomic mass is 9.87. The second-order valence-electron chi connectivity index (χ2n) is 7.10. The Labute approximate surface area is 153 Å². The number of carbonyl (C=O) groups is 2. The molecule has 1 atom stereocenters. The van der Waals surface area contributed by atoms with Gasteiger partial charge in [-0.3, -0.25) is 9.59 Å². The number of hydrogen-bond acceptors (Lipinski definition) is 2. The van der Waals surface area contributed by atoms with Crippen LogP contribution in [-0.2, 0) is 9.59 Å². The zero-order valence-electron chi connectivity index (χ0n) is 15.0. The number of benzene rings is 1. The summed E-state index contributed by atoms with van der Waals surface area (Å²) in [5.74, 6) is -0.332. The van der Waals surface area contributed by atoms with E-state index < -0.39 is 5.41 Å². The monoisotopic (exact) mass is 394 g/mol. The highest BCUT2D eigenvalue weighted by Gasteiger charge is 2.41. The molecule has 1 unspecified atom stereocenters. The van der Waals surface area contributed by atoms with Gasteiger partial charge in [-0.05, 0) is 64.2 Å². The lowest BCUT2D eigenvalue weighted by molar-refractivity contribution is -0.149. The van der Waals surface area contributed by atoms with Crippen molar-refractivity contribution < 1.29 is 9.59 Å². The number of amides is 2. The highest BCUT2D eigenvalue weighted by molar-refractivity contribution is 9.10. The Kier molecular flexibility index (Phi) is 6.07. The summed E-state index contributed by atoms with van der Waals surface area (Å²) in [5, 5.41) is 2.89. The van der Waals surface area contributed by atoms with Crippen molar-refractivity contribution in [3.05, 3.63) is 28.2 Å². The predicted octanol–water partition coefficient (Wildman–Crippen LogP) is 4.51. The second kappa shape index (κ2) is 7.68. The van der Waals surface area contributed by atoms with Gasteiger partial charge < -0.3 is 10.2 Å². The maximum absolute atomic E-state index is 13.0. The van der Waals surface area contributed by atoms with Gasteiger partial charge in [0.05, 0.1) is 0 Å². The molecule has 0 radical (unpaired) electrons. The summed E-state index contributed by atoms with van der Waals surface area (Å²) >= 11 is 3.47. The van der Waals surface area contributed by atoms with Crippen molar-refractivity contribution in [3.63, 3.8) is 0 Å². The molecular weight excluding hydrogens is 368 g/mol. The van der Waals surface area contributed by atoms with E-state index in [2.05, 4.69) is 28.2 Å². The number of nitrogens with zero attached hydrogens (tertiary/aromatic N) is 1. The minimum atomic E-state index is -1.08. The van der Waals surface area contributed by atoms with Gasteiger partial charge >= 0.3 is 0 Å². The number of aryl methyl sites for hydroxylation is 1. The Bertz CT molecular complexity index is 628. The van der Waals surface area contributed by atoms with Crippen molar-refractivity contribution in [2.45, 2.75) is 59.4 Å². The van der Waals surface area contributed by atoms with Crippen LogP contribution in [0.25, 0.3) is 0 Å². The first-order chi connectivity index (χ1) is 11.3. The summed E-state index contributed by atoms with van der Waals surface area (Å²) in [6.45, 7) is 8.28. The second-order valence-corrected chi connectivity index (χ2v) is 7.95. The molecule has 1 heterocycles. The van der Waals surface area contributed by atoms with Gasteiger partial charge in [-0.2, -0.15) is 0 Å². The van der Waals surface area contributed by atoms with Crippen molar-refractivity contribution in [3.8, 4) is 0 Å². The van der Waals surface area contributed by atoms with Gasteiger partial charge in [0.15, 0.2) is 0 Å². The van der Waals surface area contributed by atoms with Gasteiger partial charge in [0.1, 0.15) is 5.41 Å². The van der Waals surface area contributed by atoms with Crippen LogP contribution >= 0.6 is 15.9 Å². The van der Waals surface area contributed by atoms with Crippen LogP contribution in [0.3, 0.4) is 0 Å². The van der Waals surface area contributed by atoms with E-state index in [0.717, 1.165) is 42.3 Å². The Morgan fingerprint density at radius 1 is 1.33 bits per heavy atom. The maximum atomic E-state index is 13.0. The minimum absolute atomic E-state index is 0.0715. The lowest BCUT2D eigenvalue weighted by Gasteiger charge is -2.39. The standard InChI is InChI=1S/C19H27BrN2O2/c1-5-15-8-6-7-11-22(15)18(24)19(3,4)17(23)21-14-10-9-13(2)16(20)12-14/h9-10,12,15H,5-8,11H2,1-4H3,(H,21,23). The van der Waals surface area contributed by atoms with E-state index in [1.54, 1.807) is 13.8 Å². The van der Waals surface area contributed by atoms with Gasteiger partial charge in [0.25, 0.3) is 0 Å². The van der Waals surface area contributed by atoms with Crippen molar-refractivity contribution in [1.29, 1.82) is 0 Å². The molecule has 0 aliphatic carbocycles. The third-order valence-corrected chi connectivity index (χ3v) is 5.75. The van der Waals surface area contributed by atoms with Gasteiger partial charge in [0.2, 0.25) is 11.8 Å². The first kappa shape index (κ1) is 19.0. The van der Waals surface area contributed by atoms with Gasteiger partial charge in [-0.25, -0.2) is 0 Å². The number of anilines is 1. The Morgan fingerprint density at radius 2 is 2.04 bits per heavy atom. The molecule has 4 nitrogen and oxygen atoms in total. The molecule has 1 N–H and O–H groups in total. The molecule has 1 saturated heterocycles. The molecule has 1 fully saturated rings. The topological polar surface area (TPSA) is 49.4 Å². The zero-order chi connectivity index (χ0) is 17.9. The SMILES string of the molecule is CCC1CCCCN1C(=O)C(C)(C)C(=O)Nc1ccc(C)c(Br)c1. The molecule has 24 heavy (non-hydrogen) atoms. The lowest BCUT2D eigenvalue weighted by Crippen LogP contribution is -2.52. The van der Waals surface area contributed by atoms with Crippen LogP contribution in [0.15, 0.2) is 22.7 Å². The summed E-state index contributed by atoms with van der Waals surface area (Å²) in [4.78, 5) is 27.6. The normalized spacial score (nSPS) is 18.4. The number of carbonyl (C=O) groups excluding carboxylic acids is 2. The molecule has 1 aliphatic rings. The molecule has 0 saturated carbocycles. The van der Waals surface area contributed by atoms with Crippen LogP contribution in [0.1, 0.15) is 52.0 Å². The highest BCUT2D eigenvalue weighted by atomic mass is 79.9. The van der Waals surface area contributed by atoms with E-state index in [1.807, 2.05) is 30.0 Å². The molecule has 1 aliphatic heterocycles. The smallest absolute Gasteiger partial charge is 0.239 e. The van der Waals surface area contributed by atoms with Crippen molar-refractivity contribution in [1.82, 2.24) is 4.90 Å². The largest absolute Gasteiger partial charge is 0.339 e. The predicted molar refractivity (Wildman–Crippen MR) is 101 cm³/mol. The van der Waals surface area contributed by atoms with Crippen LogP contribution in [0, 0.1) is 12.3 Å². The molecule has 0 bridgehead atoms. The quantitative estimate of drug-likeness (QED) is 0.763. The Balaban J connectivity index is 2.13. The van der Waals surface area contributed by atoms with Gasteiger partial charge in [0, 0.05) is 22.7 Å². The highest BCUT2D eigenvalue weighted by Crippen LogP contribution is 2.29. The summed E-state index contributed by atoms with van der Waals surface area (Å²) in [6.07, 6.45) is 4.15. The fourth-order valence-electron chi connectivity index (χ4n) is 3.11. The van der Waals surface area contributed by atoms with E-state index >= 15 is 0 Å². The third-order valence-electron chi connectivity index (χ3n) is 4.89. The number of halogens is 1. The van der Waals surface area contributed by atoms with E-state index in [9.17, 15) is 9.59 Å². The van der Waals surface area contributed by atoms with Crippen LogP contribution < -0.4 is 5.32 Å². The number of likely N-dealkylation sites (tertiary alicyclic amines) is 1. The number of hydrogen-bond donors (Lipinski definition) is 1. The van der Waals surface area contributed by atoms with Crippen molar-refractivity contribution in [2.24, 2.45) is 5.41 Å². The molecule has 132 valence electrons. The summed E-state index contributed by atoms with van der Waals surface area (Å²) in [5.41, 5.74) is 0.716. The van der Waals surface area contributed by atoms with Crippen LogP contribution in [-0.4, -0.2) is 29.3 Å². The summed E-state index contributed by atoms with van der Waals surface area (Å²) < 4.78 is 0.937. The number of piperidine rings is 1. The molecule has 1 aromatic rings. The van der Waals surface area contributed by atoms with Gasteiger partial charge in [-0.15, -0.1) is 0 Å². The molecule has 5 heteroatoms. The fraction of sp³-hybridized carbons (Fsp3) is 0.579. The minimum Gasteiger partial charge on any atom is -0.339 e. The average Bonchev–Trinajstić information content (AvgIpc) is 2.57. The maximum Gasteiger partial charge on any atom is 0.239 e. The fourth-order valence-corrected chi connectivity index (χ4v) is 3.49. The van der Waals surface area contributed by atoms with Crippen molar-refractivity contribution >= 4 is 33.4 Å². The molecule has 1 aromatic carbocycles. The van der Waals surface area contributed by atoms with Crippen LogP contribution in [0.5, 0.6) is 0 Å². The molecule has 0 spiro atoms. The first-order valence-electron chi connectivity index (χ1n) is 8.66. The molecular formula is C19H27BrN2O2. The van der Waals surface area contributed by atoms with Gasteiger partial charge in [-0.1, -0.05) is 28.9 Å².